The fourth-order valence-electron chi connectivity index (χ4n) is 0.166. The van der Waals surface area contributed by atoms with E-state index in [1.807, 2.05) is 0 Å². The Morgan fingerprint density at radius 2 is 2.00 bits per heavy atom. The van der Waals surface area contributed by atoms with E-state index >= 15 is 0 Å². The lowest BCUT2D eigenvalue weighted by atomic mass is 11.2. The van der Waals surface area contributed by atoms with Crippen LogP contribution in [0.3, 0.4) is 0 Å². The Morgan fingerprint density at radius 1 is 1.44 bits per heavy atom. The van der Waals surface area contributed by atoms with Gasteiger partial charge in [0.05, 0.1) is 7.11 Å². The van der Waals surface area contributed by atoms with Crippen LogP contribution in [0.4, 0.5) is 4.79 Å². The zero-order chi connectivity index (χ0) is 6.41. The molecule has 0 spiro atoms. The van der Waals surface area contributed by atoms with Gasteiger partial charge in [-0.3, -0.25) is 0 Å². The molecule has 0 saturated carbocycles. The maximum atomic E-state index is 10.0. The van der Waals surface area contributed by atoms with E-state index in [0.29, 0.717) is 0 Å². The van der Waals surface area contributed by atoms with Crippen molar-refractivity contribution in [2.24, 2.45) is 0 Å². The number of hydrogen-bond acceptors (Lipinski definition) is 4. The van der Waals surface area contributed by atoms with Crippen LogP contribution in [0.25, 0.3) is 0 Å². The van der Waals surface area contributed by atoms with Gasteiger partial charge in [0.25, 0.3) is 0 Å². The van der Waals surface area contributed by atoms with Crippen molar-refractivity contribution < 1.29 is 19.0 Å². The second kappa shape index (κ2) is 7.23. The third kappa shape index (κ3) is 7.23. The first-order chi connectivity index (χ1) is 3.81. The zero-order valence-corrected chi connectivity index (χ0v) is 4.84. The molecule has 0 aliphatic carbocycles. The molecule has 0 heterocycles. The van der Waals surface area contributed by atoms with Gasteiger partial charge in [-0.25, -0.2) is 4.79 Å². The van der Waals surface area contributed by atoms with Crippen molar-refractivity contribution in [3.63, 3.8) is 0 Å². The summed E-state index contributed by atoms with van der Waals surface area (Å²) in [5, 5.41) is 0. The molecule has 0 amide bonds. The number of methoxy groups -OCH3 is 2. The van der Waals surface area contributed by atoms with Gasteiger partial charge < -0.3 is 14.2 Å². The molecule has 0 rings (SSSR count). The van der Waals surface area contributed by atoms with Gasteiger partial charge >= 0.3 is 6.16 Å². The number of rotatable bonds is 2. The number of ether oxygens (including phenoxy) is 3. The van der Waals surface area contributed by atoms with Crippen molar-refractivity contribution in [1.82, 2.24) is 0 Å². The van der Waals surface area contributed by atoms with Gasteiger partial charge in [0, 0.05) is 7.11 Å². The molecule has 0 aromatic heterocycles. The summed E-state index contributed by atoms with van der Waals surface area (Å²) in [5.74, 6) is 0. The van der Waals surface area contributed by atoms with Gasteiger partial charge in [-0.2, -0.15) is 0 Å². The van der Waals surface area contributed by atoms with Gasteiger partial charge in [0.2, 0.25) is 0 Å². The third-order valence-corrected chi connectivity index (χ3v) is 0.461. The molecule has 0 atom stereocenters. The Bertz CT molecular complexity index is 71.4. The van der Waals surface area contributed by atoms with Gasteiger partial charge in [0.15, 0.2) is 6.79 Å². The minimum Gasteiger partial charge on any atom is -0.438 e. The van der Waals surface area contributed by atoms with E-state index in [1.165, 1.54) is 14.2 Å². The fraction of sp³-hybridized carbons (Fsp3) is 0.800. The summed E-state index contributed by atoms with van der Waals surface area (Å²) in [6.07, 6.45) is -0.730. The highest BCUT2D eigenvalue weighted by molar-refractivity contribution is 5.59. The number of hydrogen-bond donors (Lipinski definition) is 0. The topological polar surface area (TPSA) is 44.8 Å². The Balaban J connectivity index is 0. The van der Waals surface area contributed by atoms with E-state index in [9.17, 15) is 4.79 Å². The van der Waals surface area contributed by atoms with Crippen LogP contribution in [0.15, 0.2) is 0 Å². The highest BCUT2D eigenvalue weighted by Crippen LogP contribution is 1.79. The first kappa shape index (κ1) is 11.1. The van der Waals surface area contributed by atoms with Crippen LogP contribution in [0.1, 0.15) is 7.43 Å². The van der Waals surface area contributed by atoms with Crippen LogP contribution >= 0.6 is 0 Å². The predicted molar refractivity (Wildman–Crippen MR) is 32.1 cm³/mol. The molecule has 0 aromatic carbocycles. The average molecular weight is 136 g/mol. The normalized spacial score (nSPS) is 7.33. The molecule has 0 aromatic rings. The Labute approximate surface area is 54.7 Å². The van der Waals surface area contributed by atoms with Crippen molar-refractivity contribution >= 4 is 6.16 Å². The maximum Gasteiger partial charge on any atom is 0.510 e. The van der Waals surface area contributed by atoms with E-state index in [4.69, 9.17) is 0 Å². The molecule has 0 radical (unpaired) electrons. The smallest absolute Gasteiger partial charge is 0.438 e. The SMILES string of the molecule is C.COCOC(=O)OC. The molecule has 9 heavy (non-hydrogen) atoms. The van der Waals surface area contributed by atoms with Crippen molar-refractivity contribution in [3.8, 4) is 0 Å². The Hall–Kier alpha value is -0.770. The van der Waals surface area contributed by atoms with E-state index in [0.717, 1.165) is 0 Å². The van der Waals surface area contributed by atoms with Crippen LogP contribution in [0.5, 0.6) is 0 Å². The maximum absolute atomic E-state index is 10.0. The summed E-state index contributed by atoms with van der Waals surface area (Å²) in [6.45, 7) is -0.0628. The summed E-state index contributed by atoms with van der Waals surface area (Å²) >= 11 is 0. The lowest BCUT2D eigenvalue weighted by Gasteiger charge is -1.98. The van der Waals surface area contributed by atoms with Crippen LogP contribution < -0.4 is 0 Å². The quantitative estimate of drug-likeness (QED) is 0.419. The van der Waals surface area contributed by atoms with Crippen molar-refractivity contribution in [1.29, 1.82) is 0 Å². The summed E-state index contributed by atoms with van der Waals surface area (Å²) in [4.78, 5) is 10.0. The van der Waals surface area contributed by atoms with Crippen molar-refractivity contribution in [2.45, 2.75) is 7.43 Å². The summed E-state index contributed by atoms with van der Waals surface area (Å²) < 4.78 is 12.8. The molecule has 0 aliphatic heterocycles. The van der Waals surface area contributed by atoms with Crippen LogP contribution in [0.2, 0.25) is 0 Å². The molecule has 4 heteroatoms. The molecule has 4 nitrogen and oxygen atoms in total. The summed E-state index contributed by atoms with van der Waals surface area (Å²) in [6, 6.07) is 0. The van der Waals surface area contributed by atoms with Gasteiger partial charge in [-0.05, 0) is 0 Å². The standard InChI is InChI=1S/C4H8O4.CH4/c1-6-3-8-4(5)7-2;/h3H2,1-2H3;1H4. The highest BCUT2D eigenvalue weighted by atomic mass is 16.8. The number of carbonyl (C=O) groups is 1. The molecule has 56 valence electrons. The van der Waals surface area contributed by atoms with Crippen LogP contribution in [0, 0.1) is 0 Å². The summed E-state index contributed by atoms with van der Waals surface area (Å²) in [7, 11) is 2.65. The first-order valence-corrected chi connectivity index (χ1v) is 2.01. The minimum absolute atomic E-state index is 0. The van der Waals surface area contributed by atoms with Crippen molar-refractivity contribution in [2.75, 3.05) is 21.0 Å². The molecule has 0 N–H and O–H groups in total. The van der Waals surface area contributed by atoms with Crippen molar-refractivity contribution in [3.05, 3.63) is 0 Å². The average Bonchev–Trinajstić information content (AvgIpc) is 1.83. The van der Waals surface area contributed by atoms with Crippen LogP contribution in [-0.2, 0) is 14.2 Å². The predicted octanol–water partition coefficient (Wildman–Crippen LogP) is 1.01. The number of carbonyl (C=O) groups excluding carboxylic acids is 1. The third-order valence-electron chi connectivity index (χ3n) is 0.461. The second-order valence-corrected chi connectivity index (χ2v) is 1.00. The lowest BCUT2D eigenvalue weighted by Crippen LogP contribution is -2.05. The Morgan fingerprint density at radius 3 is 2.33 bits per heavy atom. The minimum atomic E-state index is -0.730. The zero-order valence-electron chi connectivity index (χ0n) is 4.84. The molecule has 0 aliphatic rings. The van der Waals surface area contributed by atoms with E-state index < -0.39 is 6.16 Å². The van der Waals surface area contributed by atoms with Gasteiger partial charge in [-0.1, -0.05) is 7.43 Å². The van der Waals surface area contributed by atoms with E-state index in [2.05, 4.69) is 14.2 Å². The largest absolute Gasteiger partial charge is 0.510 e. The highest BCUT2D eigenvalue weighted by Gasteiger charge is 1.95. The summed E-state index contributed by atoms with van der Waals surface area (Å²) in [5.41, 5.74) is 0. The van der Waals surface area contributed by atoms with Gasteiger partial charge in [-0.15, -0.1) is 0 Å². The molecule has 0 unspecified atom stereocenters. The van der Waals surface area contributed by atoms with Crippen LogP contribution in [-0.4, -0.2) is 27.2 Å². The van der Waals surface area contributed by atoms with E-state index in [-0.39, 0.29) is 14.2 Å². The monoisotopic (exact) mass is 136 g/mol. The molecule has 0 fully saturated rings. The fourth-order valence-corrected chi connectivity index (χ4v) is 0.166. The molecular weight excluding hydrogens is 124 g/mol. The Kier molecular flexibility index (Phi) is 8.90. The first-order valence-electron chi connectivity index (χ1n) is 2.01. The van der Waals surface area contributed by atoms with E-state index in [1.54, 1.807) is 0 Å². The van der Waals surface area contributed by atoms with Gasteiger partial charge in [0.1, 0.15) is 0 Å². The lowest BCUT2D eigenvalue weighted by molar-refractivity contribution is -0.0190. The second-order valence-electron chi connectivity index (χ2n) is 1.00. The molecule has 0 saturated heterocycles. The molecular formula is C5H12O4. The molecule has 0 bridgehead atoms.